The number of benzene rings is 1. The molecule has 1 aromatic carbocycles. The summed E-state index contributed by atoms with van der Waals surface area (Å²) in [4.78, 5) is 16.5. The van der Waals surface area contributed by atoms with Crippen LogP contribution in [0.5, 0.6) is 0 Å². The molecule has 0 aliphatic heterocycles. The number of aromatic nitrogens is 1. The number of carbonyl (C=O) groups excluding carboxylic acids is 1. The van der Waals surface area contributed by atoms with E-state index < -0.39 is 0 Å². The number of ether oxygens (including phenoxy) is 2. The minimum absolute atomic E-state index is 0.0717. The van der Waals surface area contributed by atoms with Crippen molar-refractivity contribution >= 4 is 17.3 Å². The van der Waals surface area contributed by atoms with E-state index in [1.165, 1.54) is 23.5 Å². The zero-order chi connectivity index (χ0) is 16.9. The number of rotatable bonds is 5. The molecule has 0 spiro atoms. The molecule has 1 saturated carbocycles. The van der Waals surface area contributed by atoms with E-state index in [4.69, 9.17) is 9.47 Å². The number of halogens is 1. The van der Waals surface area contributed by atoms with Crippen LogP contribution in [-0.2, 0) is 20.7 Å². The summed E-state index contributed by atoms with van der Waals surface area (Å²) in [7, 11) is 1.69. The van der Waals surface area contributed by atoms with Gasteiger partial charge in [0.05, 0.1) is 18.2 Å². The average molecular weight is 349 g/mol. The van der Waals surface area contributed by atoms with Gasteiger partial charge in [-0.2, -0.15) is 0 Å². The van der Waals surface area contributed by atoms with Crippen molar-refractivity contribution in [2.75, 3.05) is 7.11 Å². The third kappa shape index (κ3) is 4.39. The van der Waals surface area contributed by atoms with Crippen molar-refractivity contribution in [3.05, 3.63) is 41.2 Å². The monoisotopic (exact) mass is 349 g/mol. The Morgan fingerprint density at radius 3 is 3.00 bits per heavy atom. The van der Waals surface area contributed by atoms with Crippen LogP contribution in [0.4, 0.5) is 4.39 Å². The van der Waals surface area contributed by atoms with Crippen LogP contribution in [0, 0.1) is 5.82 Å². The van der Waals surface area contributed by atoms with Crippen LogP contribution in [-0.4, -0.2) is 30.3 Å². The standard InChI is InChI=1S/C18H20FNO3S/c1-22-15-6-3-7-16(10-15)23-17(21)9-14-11-24-18(20-14)12-4-2-5-13(19)8-12/h2,4-5,8,11,15-16H,3,6-7,9-10H2,1H3/t15-,16+/m0/s1. The van der Waals surface area contributed by atoms with Gasteiger partial charge in [-0.3, -0.25) is 4.79 Å². The Labute approximate surface area is 144 Å². The van der Waals surface area contributed by atoms with E-state index >= 15 is 0 Å². The van der Waals surface area contributed by atoms with Gasteiger partial charge < -0.3 is 9.47 Å². The zero-order valence-corrected chi connectivity index (χ0v) is 14.4. The lowest BCUT2D eigenvalue weighted by Crippen LogP contribution is -2.29. The van der Waals surface area contributed by atoms with E-state index in [2.05, 4.69) is 4.98 Å². The van der Waals surface area contributed by atoms with Crippen molar-refractivity contribution in [2.24, 2.45) is 0 Å². The van der Waals surface area contributed by atoms with Gasteiger partial charge in [0.1, 0.15) is 16.9 Å². The molecular weight excluding hydrogens is 329 g/mol. The summed E-state index contributed by atoms with van der Waals surface area (Å²) in [5.41, 5.74) is 1.37. The fraction of sp³-hybridized carbons (Fsp3) is 0.444. The summed E-state index contributed by atoms with van der Waals surface area (Å²) in [6, 6.07) is 6.28. The van der Waals surface area contributed by atoms with Gasteiger partial charge in [-0.15, -0.1) is 11.3 Å². The highest BCUT2D eigenvalue weighted by molar-refractivity contribution is 7.13. The number of thiazole rings is 1. The lowest BCUT2D eigenvalue weighted by molar-refractivity contribution is -0.151. The van der Waals surface area contributed by atoms with Crippen LogP contribution in [0.15, 0.2) is 29.6 Å². The fourth-order valence-electron chi connectivity index (χ4n) is 2.94. The van der Waals surface area contributed by atoms with Gasteiger partial charge in [-0.25, -0.2) is 9.37 Å². The topological polar surface area (TPSA) is 48.4 Å². The largest absolute Gasteiger partial charge is 0.462 e. The molecule has 6 heteroatoms. The van der Waals surface area contributed by atoms with E-state index in [9.17, 15) is 9.18 Å². The third-order valence-corrected chi connectivity index (χ3v) is 5.10. The highest BCUT2D eigenvalue weighted by Gasteiger charge is 2.25. The number of methoxy groups -OCH3 is 1. The number of carbonyl (C=O) groups is 1. The third-order valence-electron chi connectivity index (χ3n) is 4.16. The molecule has 4 nitrogen and oxygen atoms in total. The van der Waals surface area contributed by atoms with E-state index in [0.29, 0.717) is 10.7 Å². The first-order chi connectivity index (χ1) is 11.6. The molecule has 1 aliphatic rings. The molecule has 1 aromatic heterocycles. The van der Waals surface area contributed by atoms with Crippen LogP contribution in [0.1, 0.15) is 31.4 Å². The Morgan fingerprint density at radius 1 is 1.38 bits per heavy atom. The second kappa shape index (κ2) is 7.85. The van der Waals surface area contributed by atoms with Gasteiger partial charge in [-0.1, -0.05) is 12.1 Å². The minimum atomic E-state index is -0.298. The highest BCUT2D eigenvalue weighted by atomic mass is 32.1. The summed E-state index contributed by atoms with van der Waals surface area (Å²) in [6.45, 7) is 0. The van der Waals surface area contributed by atoms with Crippen molar-refractivity contribution in [1.82, 2.24) is 4.98 Å². The van der Waals surface area contributed by atoms with E-state index in [-0.39, 0.29) is 30.4 Å². The summed E-state index contributed by atoms with van der Waals surface area (Å²) in [5.74, 6) is -0.568. The molecule has 0 bridgehead atoms. The first-order valence-corrected chi connectivity index (χ1v) is 8.94. The molecule has 24 heavy (non-hydrogen) atoms. The van der Waals surface area contributed by atoms with Gasteiger partial charge in [0, 0.05) is 24.5 Å². The lowest BCUT2D eigenvalue weighted by atomic mass is 9.95. The van der Waals surface area contributed by atoms with Gasteiger partial charge in [0.15, 0.2) is 0 Å². The quantitative estimate of drug-likeness (QED) is 0.766. The van der Waals surface area contributed by atoms with Crippen LogP contribution >= 0.6 is 11.3 Å². The molecule has 0 saturated heterocycles. The molecule has 2 atom stereocenters. The number of hydrogen-bond acceptors (Lipinski definition) is 5. The average Bonchev–Trinajstić information content (AvgIpc) is 3.03. The highest BCUT2D eigenvalue weighted by Crippen LogP contribution is 2.26. The maximum Gasteiger partial charge on any atom is 0.312 e. The van der Waals surface area contributed by atoms with Gasteiger partial charge in [-0.05, 0) is 31.4 Å². The summed E-state index contributed by atoms with van der Waals surface area (Å²) in [5, 5.41) is 2.52. The molecule has 0 N–H and O–H groups in total. The molecule has 1 heterocycles. The predicted octanol–water partition coefficient (Wildman–Crippen LogP) is 3.99. The van der Waals surface area contributed by atoms with Crippen molar-refractivity contribution in [3.63, 3.8) is 0 Å². The van der Waals surface area contributed by atoms with E-state index in [1.807, 2.05) is 5.38 Å². The summed E-state index contributed by atoms with van der Waals surface area (Å²) in [6.07, 6.45) is 3.92. The maximum absolute atomic E-state index is 13.3. The molecule has 3 rings (SSSR count). The normalized spacial score (nSPS) is 20.8. The summed E-state index contributed by atoms with van der Waals surface area (Å²) >= 11 is 1.40. The second-order valence-electron chi connectivity index (χ2n) is 5.97. The predicted molar refractivity (Wildman–Crippen MR) is 90.4 cm³/mol. The molecule has 128 valence electrons. The Kier molecular flexibility index (Phi) is 5.58. The Morgan fingerprint density at radius 2 is 2.21 bits per heavy atom. The van der Waals surface area contributed by atoms with Crippen molar-refractivity contribution in [3.8, 4) is 10.6 Å². The van der Waals surface area contributed by atoms with Crippen molar-refractivity contribution < 1.29 is 18.7 Å². The SMILES string of the molecule is CO[C@H]1CCC[C@@H](OC(=O)Cc2csc(-c3cccc(F)c3)n2)C1. The zero-order valence-electron chi connectivity index (χ0n) is 13.5. The van der Waals surface area contributed by atoms with E-state index in [0.717, 1.165) is 31.2 Å². The molecule has 0 radical (unpaired) electrons. The second-order valence-corrected chi connectivity index (χ2v) is 6.83. The minimum Gasteiger partial charge on any atom is -0.462 e. The van der Waals surface area contributed by atoms with Crippen molar-refractivity contribution in [1.29, 1.82) is 0 Å². The Bertz CT molecular complexity index is 703. The van der Waals surface area contributed by atoms with Crippen LogP contribution in [0.3, 0.4) is 0 Å². The molecule has 0 unspecified atom stereocenters. The summed E-state index contributed by atoms with van der Waals surface area (Å²) < 4.78 is 24.2. The number of hydrogen-bond donors (Lipinski definition) is 0. The molecule has 0 amide bonds. The first kappa shape index (κ1) is 17.0. The van der Waals surface area contributed by atoms with Crippen LogP contribution in [0.25, 0.3) is 10.6 Å². The lowest BCUT2D eigenvalue weighted by Gasteiger charge is -2.27. The van der Waals surface area contributed by atoms with Gasteiger partial charge in [0.2, 0.25) is 0 Å². The first-order valence-electron chi connectivity index (χ1n) is 8.06. The Hall–Kier alpha value is -1.79. The van der Waals surface area contributed by atoms with E-state index in [1.54, 1.807) is 19.2 Å². The van der Waals surface area contributed by atoms with Crippen molar-refractivity contribution in [2.45, 2.75) is 44.3 Å². The molecule has 1 fully saturated rings. The Balaban J connectivity index is 1.57. The van der Waals surface area contributed by atoms with Crippen LogP contribution in [0.2, 0.25) is 0 Å². The molecular formula is C18H20FNO3S. The van der Waals surface area contributed by atoms with Crippen LogP contribution < -0.4 is 0 Å². The fourth-order valence-corrected chi connectivity index (χ4v) is 3.76. The molecule has 1 aliphatic carbocycles. The smallest absolute Gasteiger partial charge is 0.312 e. The van der Waals surface area contributed by atoms with Gasteiger partial charge in [0.25, 0.3) is 0 Å². The number of nitrogens with zero attached hydrogens (tertiary/aromatic N) is 1. The van der Waals surface area contributed by atoms with Gasteiger partial charge >= 0.3 is 5.97 Å². The molecule has 2 aromatic rings. The number of esters is 1. The maximum atomic E-state index is 13.3.